The summed E-state index contributed by atoms with van der Waals surface area (Å²) < 4.78 is 10.7. The molecule has 1 atom stereocenters. The summed E-state index contributed by atoms with van der Waals surface area (Å²) in [7, 11) is 0. The Balaban J connectivity index is 1.46. The van der Waals surface area contributed by atoms with E-state index in [4.69, 9.17) is 9.47 Å². The molecule has 0 fully saturated rings. The van der Waals surface area contributed by atoms with Gasteiger partial charge in [0.2, 0.25) is 6.79 Å². The van der Waals surface area contributed by atoms with E-state index in [1.807, 2.05) is 12.3 Å². The highest BCUT2D eigenvalue weighted by Crippen LogP contribution is 2.32. The molecule has 1 aliphatic heterocycles. The fourth-order valence-corrected chi connectivity index (χ4v) is 2.25. The first-order valence-corrected chi connectivity index (χ1v) is 6.91. The van der Waals surface area contributed by atoms with Gasteiger partial charge in [0.05, 0.1) is 6.54 Å². The van der Waals surface area contributed by atoms with Crippen LogP contribution in [-0.2, 0) is 13.0 Å². The summed E-state index contributed by atoms with van der Waals surface area (Å²) in [6.07, 6.45) is 5.70. The standard InChI is InChI=1S/C15H19N3O2/c1-11(18-9-15-16-6-7-17-15)2-3-12-4-5-13-14(8-12)20-10-19-13/h4-8,11,18H,2-3,9-10H2,1H3,(H,16,17). The normalized spacial score (nSPS) is 14.4. The SMILES string of the molecule is CC(CCc1ccc2c(c1)OCO2)NCc1ncc[nH]1. The predicted molar refractivity (Wildman–Crippen MR) is 75.8 cm³/mol. The Hall–Kier alpha value is -2.01. The predicted octanol–water partition coefficient (Wildman–Crippen LogP) is 2.25. The maximum absolute atomic E-state index is 5.39. The van der Waals surface area contributed by atoms with Gasteiger partial charge < -0.3 is 19.8 Å². The zero-order valence-electron chi connectivity index (χ0n) is 11.6. The van der Waals surface area contributed by atoms with Crippen LogP contribution in [0.1, 0.15) is 24.7 Å². The molecular weight excluding hydrogens is 254 g/mol. The second-order valence-electron chi connectivity index (χ2n) is 5.04. The van der Waals surface area contributed by atoms with Crippen LogP contribution >= 0.6 is 0 Å². The number of nitrogens with zero attached hydrogens (tertiary/aromatic N) is 1. The maximum atomic E-state index is 5.39. The molecular formula is C15H19N3O2. The monoisotopic (exact) mass is 273 g/mol. The van der Waals surface area contributed by atoms with Crippen molar-refractivity contribution in [3.8, 4) is 11.5 Å². The molecule has 0 saturated heterocycles. The highest BCUT2D eigenvalue weighted by atomic mass is 16.7. The van der Waals surface area contributed by atoms with Gasteiger partial charge >= 0.3 is 0 Å². The molecule has 1 unspecified atom stereocenters. The quantitative estimate of drug-likeness (QED) is 0.847. The lowest BCUT2D eigenvalue weighted by atomic mass is 10.1. The molecule has 5 nitrogen and oxygen atoms in total. The largest absolute Gasteiger partial charge is 0.454 e. The van der Waals surface area contributed by atoms with Crippen molar-refractivity contribution in [2.75, 3.05) is 6.79 Å². The minimum Gasteiger partial charge on any atom is -0.454 e. The highest BCUT2D eigenvalue weighted by molar-refractivity contribution is 5.44. The van der Waals surface area contributed by atoms with Crippen molar-refractivity contribution in [1.82, 2.24) is 15.3 Å². The van der Waals surface area contributed by atoms with Gasteiger partial charge in [0, 0.05) is 18.4 Å². The van der Waals surface area contributed by atoms with E-state index < -0.39 is 0 Å². The molecule has 20 heavy (non-hydrogen) atoms. The van der Waals surface area contributed by atoms with Crippen molar-refractivity contribution in [2.24, 2.45) is 0 Å². The van der Waals surface area contributed by atoms with E-state index in [2.05, 4.69) is 34.3 Å². The van der Waals surface area contributed by atoms with Crippen LogP contribution in [0.2, 0.25) is 0 Å². The smallest absolute Gasteiger partial charge is 0.231 e. The number of nitrogens with one attached hydrogen (secondary N) is 2. The number of hydrogen-bond acceptors (Lipinski definition) is 4. The van der Waals surface area contributed by atoms with Crippen LogP contribution in [0.3, 0.4) is 0 Å². The van der Waals surface area contributed by atoms with Crippen LogP contribution in [0.25, 0.3) is 0 Å². The van der Waals surface area contributed by atoms with E-state index in [9.17, 15) is 0 Å². The number of rotatable bonds is 6. The number of H-pyrrole nitrogens is 1. The topological polar surface area (TPSA) is 59.2 Å². The minimum absolute atomic E-state index is 0.333. The van der Waals surface area contributed by atoms with Crippen molar-refractivity contribution in [3.63, 3.8) is 0 Å². The zero-order chi connectivity index (χ0) is 13.8. The molecule has 3 rings (SSSR count). The lowest BCUT2D eigenvalue weighted by Gasteiger charge is -2.13. The lowest BCUT2D eigenvalue weighted by Crippen LogP contribution is -2.26. The van der Waals surface area contributed by atoms with Gasteiger partial charge in [-0.05, 0) is 37.5 Å². The number of aromatic nitrogens is 2. The fraction of sp³-hybridized carbons (Fsp3) is 0.400. The Bertz CT molecular complexity index is 554. The first-order chi connectivity index (χ1) is 9.81. The van der Waals surface area contributed by atoms with Crippen LogP contribution in [0, 0.1) is 0 Å². The zero-order valence-corrected chi connectivity index (χ0v) is 11.6. The Kier molecular flexibility index (Phi) is 3.87. The van der Waals surface area contributed by atoms with Crippen LogP contribution in [-0.4, -0.2) is 22.8 Å². The number of fused-ring (bicyclic) bond motifs is 1. The van der Waals surface area contributed by atoms with Gasteiger partial charge in [-0.3, -0.25) is 0 Å². The van der Waals surface area contributed by atoms with E-state index in [0.717, 1.165) is 36.7 Å². The summed E-state index contributed by atoms with van der Waals surface area (Å²) in [4.78, 5) is 7.29. The molecule has 2 N–H and O–H groups in total. The molecule has 2 aromatic rings. The number of aromatic amines is 1. The third kappa shape index (κ3) is 3.11. The molecule has 0 bridgehead atoms. The van der Waals surface area contributed by atoms with Gasteiger partial charge in [0.15, 0.2) is 11.5 Å². The fourth-order valence-electron chi connectivity index (χ4n) is 2.25. The summed E-state index contributed by atoms with van der Waals surface area (Å²) in [6.45, 7) is 3.30. The molecule has 2 heterocycles. The van der Waals surface area contributed by atoms with E-state index >= 15 is 0 Å². The van der Waals surface area contributed by atoms with Crippen LogP contribution in [0.5, 0.6) is 11.5 Å². The van der Waals surface area contributed by atoms with Gasteiger partial charge in [-0.25, -0.2) is 4.98 Å². The van der Waals surface area contributed by atoms with E-state index in [-0.39, 0.29) is 0 Å². The highest BCUT2D eigenvalue weighted by Gasteiger charge is 2.13. The Morgan fingerprint density at radius 1 is 1.35 bits per heavy atom. The average Bonchev–Trinajstić information content (AvgIpc) is 3.13. The summed E-state index contributed by atoms with van der Waals surface area (Å²) in [5.74, 6) is 2.68. The summed E-state index contributed by atoms with van der Waals surface area (Å²) in [5.41, 5.74) is 1.28. The second-order valence-corrected chi connectivity index (χ2v) is 5.04. The Labute approximate surface area is 118 Å². The number of hydrogen-bond donors (Lipinski definition) is 2. The molecule has 106 valence electrons. The first kappa shape index (κ1) is 13.0. The average molecular weight is 273 g/mol. The number of benzene rings is 1. The van der Waals surface area contributed by atoms with Crippen LogP contribution < -0.4 is 14.8 Å². The summed E-state index contributed by atoms with van der Waals surface area (Å²) in [6, 6.07) is 6.60. The molecule has 0 amide bonds. The molecule has 1 aliphatic rings. The number of ether oxygens (including phenoxy) is 2. The van der Waals surface area contributed by atoms with Gasteiger partial charge in [0.25, 0.3) is 0 Å². The first-order valence-electron chi connectivity index (χ1n) is 6.91. The molecule has 0 spiro atoms. The van der Waals surface area contributed by atoms with Crippen LogP contribution in [0.15, 0.2) is 30.6 Å². The van der Waals surface area contributed by atoms with E-state index in [1.54, 1.807) is 6.20 Å². The maximum Gasteiger partial charge on any atom is 0.231 e. The van der Waals surface area contributed by atoms with Crippen molar-refractivity contribution >= 4 is 0 Å². The third-order valence-corrected chi connectivity index (χ3v) is 3.48. The van der Waals surface area contributed by atoms with Crippen molar-refractivity contribution in [2.45, 2.75) is 32.4 Å². The molecule has 0 aliphatic carbocycles. The summed E-state index contributed by atoms with van der Waals surface area (Å²) >= 11 is 0. The van der Waals surface area contributed by atoms with Crippen molar-refractivity contribution in [3.05, 3.63) is 42.0 Å². The van der Waals surface area contributed by atoms with Crippen LogP contribution in [0.4, 0.5) is 0 Å². The van der Waals surface area contributed by atoms with Gasteiger partial charge in [0.1, 0.15) is 5.82 Å². The molecule has 0 radical (unpaired) electrons. The van der Waals surface area contributed by atoms with Gasteiger partial charge in [-0.2, -0.15) is 0 Å². The summed E-state index contributed by atoms with van der Waals surface area (Å²) in [5, 5.41) is 3.46. The van der Waals surface area contributed by atoms with E-state index in [0.29, 0.717) is 12.8 Å². The lowest BCUT2D eigenvalue weighted by molar-refractivity contribution is 0.174. The van der Waals surface area contributed by atoms with Gasteiger partial charge in [-0.15, -0.1) is 0 Å². The molecule has 5 heteroatoms. The molecule has 0 saturated carbocycles. The molecule has 1 aromatic carbocycles. The third-order valence-electron chi connectivity index (χ3n) is 3.48. The minimum atomic E-state index is 0.333. The Morgan fingerprint density at radius 2 is 2.25 bits per heavy atom. The Morgan fingerprint density at radius 3 is 3.10 bits per heavy atom. The van der Waals surface area contributed by atoms with Crippen molar-refractivity contribution in [1.29, 1.82) is 0 Å². The van der Waals surface area contributed by atoms with E-state index in [1.165, 1.54) is 5.56 Å². The van der Waals surface area contributed by atoms with Gasteiger partial charge in [-0.1, -0.05) is 6.07 Å². The number of aryl methyl sites for hydroxylation is 1. The van der Waals surface area contributed by atoms with Crippen molar-refractivity contribution < 1.29 is 9.47 Å². The number of imidazole rings is 1. The second kappa shape index (κ2) is 5.96. The molecule has 1 aromatic heterocycles.